The molecule has 35 heavy (non-hydrogen) atoms. The maximum Gasteiger partial charge on any atom is 0.331 e. The highest BCUT2D eigenvalue weighted by Gasteiger charge is 2.71. The monoisotopic (exact) mass is 488 g/mol. The fraction of sp³-hybridized carbons (Fsp3) is 0.852. The lowest BCUT2D eigenvalue weighted by atomic mass is 9.41. The van der Waals surface area contributed by atoms with Gasteiger partial charge in [0.25, 0.3) is 0 Å². The van der Waals surface area contributed by atoms with Crippen molar-refractivity contribution in [3.63, 3.8) is 0 Å². The summed E-state index contributed by atoms with van der Waals surface area (Å²) in [6.07, 6.45) is 9.48. The molecule has 8 nitrogen and oxygen atoms in total. The lowest BCUT2D eigenvalue weighted by Crippen LogP contribution is -2.69. The number of morpholine rings is 1. The average molecular weight is 489 g/mol. The van der Waals surface area contributed by atoms with E-state index in [-0.39, 0.29) is 29.1 Å². The van der Waals surface area contributed by atoms with E-state index in [1.165, 1.54) is 0 Å². The molecular formula is C27H40N2O6. The summed E-state index contributed by atoms with van der Waals surface area (Å²) in [6.45, 7) is 5.34. The van der Waals surface area contributed by atoms with Gasteiger partial charge in [-0.2, -0.15) is 5.10 Å². The molecule has 8 atom stereocenters. The Morgan fingerprint density at radius 2 is 1.83 bits per heavy atom. The number of carbonyl (C=O) groups is 1. The Morgan fingerprint density at radius 3 is 2.57 bits per heavy atom. The lowest BCUT2D eigenvalue weighted by molar-refractivity contribution is -0.237. The topological polar surface area (TPSA) is 112 Å². The van der Waals surface area contributed by atoms with E-state index < -0.39 is 22.7 Å². The highest BCUT2D eigenvalue weighted by atomic mass is 16.5. The zero-order valence-corrected chi connectivity index (χ0v) is 20.8. The van der Waals surface area contributed by atoms with Gasteiger partial charge in [0.2, 0.25) is 0 Å². The van der Waals surface area contributed by atoms with Gasteiger partial charge in [-0.1, -0.05) is 6.92 Å². The van der Waals surface area contributed by atoms with Crippen LogP contribution in [0, 0.1) is 28.6 Å². The Balaban J connectivity index is 1.36. The van der Waals surface area contributed by atoms with Crippen LogP contribution in [0.3, 0.4) is 0 Å². The normalized spacial score (nSPS) is 49.9. The number of carbonyl (C=O) groups excluding carboxylic acids is 1. The molecule has 2 heterocycles. The molecule has 4 aliphatic carbocycles. The third-order valence-electron chi connectivity index (χ3n) is 11.1. The molecule has 2 aliphatic heterocycles. The highest BCUT2D eigenvalue weighted by molar-refractivity contribution is 5.85. The van der Waals surface area contributed by atoms with Gasteiger partial charge in [0.15, 0.2) is 0 Å². The third-order valence-corrected chi connectivity index (χ3v) is 11.1. The smallest absolute Gasteiger partial charge is 0.331 e. The maximum absolute atomic E-state index is 12.5. The van der Waals surface area contributed by atoms with E-state index in [2.05, 4.69) is 6.92 Å². The van der Waals surface area contributed by atoms with Gasteiger partial charge in [-0.25, -0.2) is 4.79 Å². The van der Waals surface area contributed by atoms with Crippen molar-refractivity contribution in [1.29, 1.82) is 0 Å². The first-order valence-electron chi connectivity index (χ1n) is 13.6. The van der Waals surface area contributed by atoms with Crippen molar-refractivity contribution >= 4 is 12.2 Å². The first kappa shape index (κ1) is 23.9. The summed E-state index contributed by atoms with van der Waals surface area (Å²) >= 11 is 0. The number of hydrogen-bond acceptors (Lipinski definition) is 8. The van der Waals surface area contributed by atoms with Gasteiger partial charge < -0.3 is 24.8 Å². The number of aliphatic hydroxyl groups is 3. The van der Waals surface area contributed by atoms with Gasteiger partial charge in [-0.15, -0.1) is 0 Å². The lowest BCUT2D eigenvalue weighted by Gasteiger charge is -2.65. The molecule has 1 saturated heterocycles. The summed E-state index contributed by atoms with van der Waals surface area (Å²) in [5.74, 6) is 0.0312. The zero-order chi connectivity index (χ0) is 24.5. The minimum Gasteiger partial charge on any atom is -0.458 e. The van der Waals surface area contributed by atoms with Gasteiger partial charge >= 0.3 is 5.97 Å². The Kier molecular flexibility index (Phi) is 5.64. The summed E-state index contributed by atoms with van der Waals surface area (Å²) < 4.78 is 10.7. The van der Waals surface area contributed by atoms with Crippen LogP contribution in [-0.4, -0.2) is 82.7 Å². The molecule has 5 fully saturated rings. The largest absolute Gasteiger partial charge is 0.458 e. The minimum absolute atomic E-state index is 0.0523. The van der Waals surface area contributed by atoms with Crippen LogP contribution in [0.25, 0.3) is 0 Å². The predicted molar refractivity (Wildman–Crippen MR) is 128 cm³/mol. The van der Waals surface area contributed by atoms with Crippen molar-refractivity contribution in [2.45, 2.75) is 82.0 Å². The van der Waals surface area contributed by atoms with Gasteiger partial charge in [-0.05, 0) is 74.7 Å². The molecule has 6 aliphatic rings. The number of esters is 1. The molecule has 0 bridgehead atoms. The molecule has 194 valence electrons. The Labute approximate surface area is 207 Å². The number of hydrazone groups is 1. The van der Waals surface area contributed by atoms with Gasteiger partial charge in [0, 0.05) is 29.5 Å². The van der Waals surface area contributed by atoms with Crippen molar-refractivity contribution in [2.24, 2.45) is 33.7 Å². The second-order valence-corrected chi connectivity index (χ2v) is 12.3. The van der Waals surface area contributed by atoms with Crippen LogP contribution in [0.4, 0.5) is 0 Å². The number of rotatable bonds is 3. The van der Waals surface area contributed by atoms with Crippen LogP contribution in [0.15, 0.2) is 16.8 Å². The summed E-state index contributed by atoms with van der Waals surface area (Å²) in [7, 11) is 0. The van der Waals surface area contributed by atoms with Crippen LogP contribution < -0.4 is 0 Å². The molecule has 0 unspecified atom stereocenters. The maximum atomic E-state index is 12.5. The number of fused-ring (bicyclic) bond motifs is 5. The van der Waals surface area contributed by atoms with E-state index in [9.17, 15) is 20.1 Å². The van der Waals surface area contributed by atoms with Crippen LogP contribution in [0.1, 0.15) is 64.7 Å². The van der Waals surface area contributed by atoms with E-state index in [1.54, 1.807) is 6.08 Å². The van der Waals surface area contributed by atoms with E-state index in [0.717, 1.165) is 44.3 Å². The second kappa shape index (κ2) is 8.27. The molecule has 0 amide bonds. The Morgan fingerprint density at radius 1 is 1.06 bits per heavy atom. The van der Waals surface area contributed by atoms with Crippen LogP contribution in [-0.2, 0) is 14.3 Å². The van der Waals surface area contributed by atoms with E-state index >= 15 is 0 Å². The fourth-order valence-electron chi connectivity index (χ4n) is 9.21. The first-order chi connectivity index (χ1) is 16.7. The summed E-state index contributed by atoms with van der Waals surface area (Å²) in [4.78, 5) is 11.8. The summed E-state index contributed by atoms with van der Waals surface area (Å²) in [5, 5.41) is 42.0. The van der Waals surface area contributed by atoms with Crippen molar-refractivity contribution in [1.82, 2.24) is 5.01 Å². The minimum atomic E-state index is -1.02. The number of nitrogens with zero attached hydrogens (tertiary/aromatic N) is 2. The standard InChI is InChI=1S/C27H40N2O6/c1-24-6-3-21-22(27(24,33)9-5-20(24)18-14-23(31)35-16-18)4-8-26(32)15-19(30)2-7-25(21,26)17-28-29-10-12-34-13-11-29/h14,17,19-22,30,32-33H,2-13,15-16H2,1H3/b28-17+/t19-,20+,21-,22+,24+,25-,26-,27-/m0/s1. The molecule has 0 radical (unpaired) electrons. The van der Waals surface area contributed by atoms with Crippen molar-refractivity contribution in [3.8, 4) is 0 Å². The zero-order valence-electron chi connectivity index (χ0n) is 20.8. The van der Waals surface area contributed by atoms with E-state index in [4.69, 9.17) is 14.6 Å². The molecule has 8 heteroatoms. The number of ether oxygens (including phenoxy) is 2. The SMILES string of the molecule is C[C@]12CC[C@H]3[C@@H](CC[C@]4(O)C[C@@H](O)CC[C@]34/C=N/N3CCOCC3)[C@@]1(O)CC[C@@H]2C1=CC(=O)OC1. The number of aliphatic hydroxyl groups excluding tert-OH is 1. The van der Waals surface area contributed by atoms with Crippen molar-refractivity contribution < 1.29 is 29.6 Å². The Bertz CT molecular complexity index is 933. The van der Waals surface area contributed by atoms with Gasteiger partial charge in [0.05, 0.1) is 43.6 Å². The number of hydrogen-bond donors (Lipinski definition) is 3. The first-order valence-corrected chi connectivity index (χ1v) is 13.6. The van der Waals surface area contributed by atoms with E-state index in [1.807, 2.05) is 11.2 Å². The fourth-order valence-corrected chi connectivity index (χ4v) is 9.21. The molecule has 0 aromatic rings. The van der Waals surface area contributed by atoms with Gasteiger partial charge in [0.1, 0.15) is 6.61 Å². The number of cyclic esters (lactones) is 1. The van der Waals surface area contributed by atoms with Gasteiger partial charge in [-0.3, -0.25) is 5.01 Å². The molecule has 6 rings (SSSR count). The average Bonchev–Trinajstić information content (AvgIpc) is 3.38. The molecule has 0 aromatic heterocycles. The highest BCUT2D eigenvalue weighted by Crippen LogP contribution is 2.70. The van der Waals surface area contributed by atoms with Crippen molar-refractivity contribution in [3.05, 3.63) is 11.6 Å². The predicted octanol–water partition coefficient (Wildman–Crippen LogP) is 2.02. The summed E-state index contributed by atoms with van der Waals surface area (Å²) in [5.41, 5.74) is -1.72. The van der Waals surface area contributed by atoms with Crippen LogP contribution in [0.2, 0.25) is 0 Å². The van der Waals surface area contributed by atoms with Crippen molar-refractivity contribution in [2.75, 3.05) is 32.9 Å². The molecular weight excluding hydrogens is 448 g/mol. The molecule has 0 spiro atoms. The molecule has 4 saturated carbocycles. The van der Waals surface area contributed by atoms with Crippen LogP contribution >= 0.6 is 0 Å². The van der Waals surface area contributed by atoms with E-state index in [0.29, 0.717) is 51.9 Å². The Hall–Kier alpha value is -1.48. The molecule has 3 N–H and O–H groups in total. The van der Waals surface area contributed by atoms with Crippen LogP contribution in [0.5, 0.6) is 0 Å². The summed E-state index contributed by atoms with van der Waals surface area (Å²) in [6, 6.07) is 0. The molecule has 0 aromatic carbocycles. The third kappa shape index (κ3) is 3.39. The second-order valence-electron chi connectivity index (χ2n) is 12.3. The quantitative estimate of drug-likeness (QED) is 0.412.